The van der Waals surface area contributed by atoms with Crippen molar-refractivity contribution >= 4 is 23.4 Å². The first-order valence-electron chi connectivity index (χ1n) is 9.66. The van der Waals surface area contributed by atoms with E-state index in [1.807, 2.05) is 0 Å². The quantitative estimate of drug-likeness (QED) is 0.381. The second-order valence-corrected chi connectivity index (χ2v) is 7.76. The lowest BCUT2D eigenvalue weighted by molar-refractivity contribution is -0.151. The number of ether oxygens (including phenoxy) is 2. The predicted octanol–water partition coefficient (Wildman–Crippen LogP) is 5.03. The van der Waals surface area contributed by atoms with Gasteiger partial charge in [-0.3, -0.25) is 4.79 Å². The molecule has 9 heteroatoms. The number of aromatic nitrogens is 2. The zero-order valence-corrected chi connectivity index (χ0v) is 17.9. The third-order valence-electron chi connectivity index (χ3n) is 5.10. The van der Waals surface area contributed by atoms with E-state index in [-0.39, 0.29) is 39.1 Å². The Hall–Kier alpha value is -3.39. The molecule has 0 N–H and O–H groups in total. The van der Waals surface area contributed by atoms with Gasteiger partial charge in [0.15, 0.2) is 11.6 Å². The zero-order valence-electron chi connectivity index (χ0n) is 17.1. The lowest BCUT2D eigenvalue weighted by Crippen LogP contribution is -2.31. The number of hydrogen-bond acceptors (Lipinski definition) is 6. The molecule has 2 aromatic carbocycles. The van der Waals surface area contributed by atoms with Gasteiger partial charge < -0.3 is 9.47 Å². The van der Waals surface area contributed by atoms with Crippen LogP contribution in [-0.4, -0.2) is 34.4 Å². The molecular weight excluding hydrogens is 442 g/mol. The summed E-state index contributed by atoms with van der Waals surface area (Å²) < 4.78 is 39.7. The topological polar surface area (TPSA) is 78.4 Å². The van der Waals surface area contributed by atoms with E-state index in [1.165, 1.54) is 50.4 Å². The molecule has 3 aromatic rings. The van der Waals surface area contributed by atoms with E-state index < -0.39 is 29.0 Å². The molecule has 0 bridgehead atoms. The maximum atomic E-state index is 15.1. The van der Waals surface area contributed by atoms with Gasteiger partial charge in [-0.25, -0.2) is 18.6 Å². The van der Waals surface area contributed by atoms with Crippen molar-refractivity contribution in [2.45, 2.75) is 25.4 Å². The maximum Gasteiger partial charge on any atom is 0.350 e. The second-order valence-electron chi connectivity index (χ2n) is 7.36. The third-order valence-corrected chi connectivity index (χ3v) is 5.40. The monoisotopic (exact) mass is 458 g/mol. The SMILES string of the molecule is COC(=O)C1(Oc2cc(-c3cccc(C(C)=O)c3F)nc(-c3ccc(Cl)c(F)c3)n2)CC1. The van der Waals surface area contributed by atoms with Crippen LogP contribution in [0.3, 0.4) is 0 Å². The highest BCUT2D eigenvalue weighted by Gasteiger charge is 2.54. The molecule has 0 unspecified atom stereocenters. The van der Waals surface area contributed by atoms with E-state index in [4.69, 9.17) is 21.1 Å². The smallest absolute Gasteiger partial charge is 0.350 e. The van der Waals surface area contributed by atoms with Gasteiger partial charge in [0.05, 0.1) is 23.4 Å². The van der Waals surface area contributed by atoms with Gasteiger partial charge in [-0.2, -0.15) is 4.98 Å². The van der Waals surface area contributed by atoms with Gasteiger partial charge in [0.2, 0.25) is 11.5 Å². The fourth-order valence-electron chi connectivity index (χ4n) is 3.23. The summed E-state index contributed by atoms with van der Waals surface area (Å²) in [5, 5.41) is -0.0794. The predicted molar refractivity (Wildman–Crippen MR) is 112 cm³/mol. The number of benzene rings is 2. The Morgan fingerprint density at radius 2 is 1.84 bits per heavy atom. The number of halogens is 3. The molecule has 0 spiro atoms. The minimum atomic E-state index is -1.18. The minimum absolute atomic E-state index is 0.0177. The van der Waals surface area contributed by atoms with Gasteiger partial charge in [0, 0.05) is 30.0 Å². The number of esters is 1. The summed E-state index contributed by atoms with van der Waals surface area (Å²) in [4.78, 5) is 32.5. The minimum Gasteiger partial charge on any atom is -0.466 e. The number of methoxy groups -OCH3 is 1. The van der Waals surface area contributed by atoms with Gasteiger partial charge in [0.25, 0.3) is 0 Å². The number of carbonyl (C=O) groups is 2. The van der Waals surface area contributed by atoms with Crippen LogP contribution in [0.4, 0.5) is 8.78 Å². The molecule has 0 saturated heterocycles. The Bertz CT molecular complexity index is 1240. The standard InChI is InChI=1S/C23H17ClF2N2O4/c1-12(29)14-4-3-5-15(20(14)26)18-11-19(32-23(8-9-23)22(30)31-2)28-21(27-18)13-6-7-16(24)17(25)10-13/h3-7,10-11H,8-9H2,1-2H3. The summed E-state index contributed by atoms with van der Waals surface area (Å²) in [5.74, 6) is -2.43. The fraction of sp³-hybridized carbons (Fsp3) is 0.217. The number of rotatable bonds is 6. The van der Waals surface area contributed by atoms with Crippen LogP contribution in [0.15, 0.2) is 42.5 Å². The first-order valence-corrected chi connectivity index (χ1v) is 10.0. The van der Waals surface area contributed by atoms with E-state index >= 15 is 4.39 Å². The van der Waals surface area contributed by atoms with E-state index in [1.54, 1.807) is 0 Å². The number of nitrogens with zero attached hydrogens (tertiary/aromatic N) is 2. The molecular formula is C23H17ClF2N2O4. The summed E-state index contributed by atoms with van der Waals surface area (Å²) in [6.07, 6.45) is 0.857. The fourth-order valence-corrected chi connectivity index (χ4v) is 3.35. The van der Waals surface area contributed by atoms with Gasteiger partial charge in [0.1, 0.15) is 11.6 Å². The van der Waals surface area contributed by atoms with Crippen molar-refractivity contribution in [1.29, 1.82) is 0 Å². The average Bonchev–Trinajstić information content (AvgIpc) is 3.55. The molecule has 164 valence electrons. The van der Waals surface area contributed by atoms with Crippen LogP contribution in [0.2, 0.25) is 5.02 Å². The summed E-state index contributed by atoms with van der Waals surface area (Å²) in [7, 11) is 1.25. The Labute approximate surface area is 187 Å². The molecule has 32 heavy (non-hydrogen) atoms. The zero-order chi connectivity index (χ0) is 23.0. The van der Waals surface area contributed by atoms with Gasteiger partial charge in [-0.05, 0) is 37.3 Å². The van der Waals surface area contributed by atoms with Crippen molar-refractivity contribution in [3.8, 4) is 28.5 Å². The number of Topliss-reactive ketones (excluding diaryl/α,β-unsaturated/α-hetero) is 1. The number of ketones is 1. The Morgan fingerprint density at radius 3 is 2.47 bits per heavy atom. The molecule has 0 aliphatic heterocycles. The molecule has 1 fully saturated rings. The lowest BCUT2D eigenvalue weighted by Gasteiger charge is -2.16. The molecule has 0 amide bonds. The molecule has 1 saturated carbocycles. The highest BCUT2D eigenvalue weighted by atomic mass is 35.5. The third kappa shape index (κ3) is 4.05. The van der Waals surface area contributed by atoms with E-state index in [2.05, 4.69) is 9.97 Å². The Balaban J connectivity index is 1.86. The van der Waals surface area contributed by atoms with Crippen LogP contribution in [-0.2, 0) is 9.53 Å². The van der Waals surface area contributed by atoms with Crippen LogP contribution in [0.5, 0.6) is 5.88 Å². The van der Waals surface area contributed by atoms with Crippen LogP contribution in [0, 0.1) is 11.6 Å². The highest BCUT2D eigenvalue weighted by molar-refractivity contribution is 6.30. The summed E-state index contributed by atoms with van der Waals surface area (Å²) in [6, 6.07) is 9.69. The Kier molecular flexibility index (Phi) is 5.64. The molecule has 1 heterocycles. The molecule has 6 nitrogen and oxygen atoms in total. The summed E-state index contributed by atoms with van der Waals surface area (Å²) in [5.41, 5.74) is -0.881. The highest BCUT2D eigenvalue weighted by Crippen LogP contribution is 2.42. The summed E-state index contributed by atoms with van der Waals surface area (Å²) >= 11 is 5.77. The Morgan fingerprint density at radius 1 is 1.09 bits per heavy atom. The molecule has 0 atom stereocenters. The second kappa shape index (κ2) is 8.27. The van der Waals surface area contributed by atoms with Crippen LogP contribution >= 0.6 is 11.6 Å². The van der Waals surface area contributed by atoms with Crippen LogP contribution in [0.25, 0.3) is 22.6 Å². The average molecular weight is 459 g/mol. The van der Waals surface area contributed by atoms with Crippen molar-refractivity contribution in [3.05, 3.63) is 64.7 Å². The number of carbonyl (C=O) groups excluding carboxylic acids is 2. The van der Waals surface area contributed by atoms with Gasteiger partial charge in [-0.1, -0.05) is 17.7 Å². The molecule has 4 rings (SSSR count). The molecule has 1 aliphatic carbocycles. The van der Waals surface area contributed by atoms with Crippen LogP contribution in [0.1, 0.15) is 30.1 Å². The first kappa shape index (κ1) is 21.8. The van der Waals surface area contributed by atoms with E-state index in [9.17, 15) is 14.0 Å². The maximum absolute atomic E-state index is 15.1. The van der Waals surface area contributed by atoms with E-state index in [0.717, 1.165) is 6.07 Å². The van der Waals surface area contributed by atoms with Crippen molar-refractivity contribution < 1.29 is 27.8 Å². The van der Waals surface area contributed by atoms with Crippen molar-refractivity contribution in [3.63, 3.8) is 0 Å². The van der Waals surface area contributed by atoms with Gasteiger partial charge in [-0.15, -0.1) is 0 Å². The van der Waals surface area contributed by atoms with E-state index in [0.29, 0.717) is 12.8 Å². The normalized spacial score (nSPS) is 14.0. The van der Waals surface area contributed by atoms with Crippen molar-refractivity contribution in [2.75, 3.05) is 7.11 Å². The summed E-state index contributed by atoms with van der Waals surface area (Å²) in [6.45, 7) is 1.26. The first-order chi connectivity index (χ1) is 15.2. The van der Waals surface area contributed by atoms with Crippen molar-refractivity contribution in [2.24, 2.45) is 0 Å². The van der Waals surface area contributed by atoms with Crippen molar-refractivity contribution in [1.82, 2.24) is 9.97 Å². The lowest BCUT2D eigenvalue weighted by atomic mass is 10.0. The largest absolute Gasteiger partial charge is 0.466 e. The van der Waals surface area contributed by atoms with Gasteiger partial charge >= 0.3 is 5.97 Å². The number of hydrogen-bond donors (Lipinski definition) is 0. The molecule has 1 aromatic heterocycles. The molecule has 0 radical (unpaired) electrons. The van der Waals surface area contributed by atoms with Crippen LogP contribution < -0.4 is 4.74 Å². The molecule has 1 aliphatic rings.